The van der Waals surface area contributed by atoms with Gasteiger partial charge in [0.1, 0.15) is 6.04 Å². The van der Waals surface area contributed by atoms with E-state index in [1.807, 2.05) is 28.8 Å². The summed E-state index contributed by atoms with van der Waals surface area (Å²) in [6.45, 7) is 3.02. The van der Waals surface area contributed by atoms with Gasteiger partial charge < -0.3 is 14.6 Å². The fraction of sp³-hybridized carbons (Fsp3) is 0.690. The summed E-state index contributed by atoms with van der Waals surface area (Å²) >= 11 is 0. The predicted molar refractivity (Wildman–Crippen MR) is 139 cm³/mol. The highest BCUT2D eigenvalue weighted by Crippen LogP contribution is 2.49. The molecule has 1 aromatic heterocycles. The van der Waals surface area contributed by atoms with Crippen LogP contribution in [0, 0.1) is 17.8 Å². The smallest absolute Gasteiger partial charge is 0.326 e. The maximum atomic E-state index is 13.9. The zero-order valence-corrected chi connectivity index (χ0v) is 21.3. The van der Waals surface area contributed by atoms with E-state index in [4.69, 9.17) is 0 Å². The van der Waals surface area contributed by atoms with Crippen LogP contribution in [-0.4, -0.2) is 56.2 Å². The number of nitrogens with zero attached hydrogens (tertiary/aromatic N) is 4. The molecule has 4 heterocycles. The first-order chi connectivity index (χ1) is 17.5. The van der Waals surface area contributed by atoms with Crippen LogP contribution < -0.4 is 10.5 Å². The summed E-state index contributed by atoms with van der Waals surface area (Å²) in [5.74, 6) is 2.15. The molecule has 3 saturated heterocycles. The third-order valence-corrected chi connectivity index (χ3v) is 10.3. The van der Waals surface area contributed by atoms with Crippen molar-refractivity contribution in [3.05, 3.63) is 34.6 Å². The molecule has 8 atom stereocenters. The second kappa shape index (κ2) is 8.57. The first-order valence-electron chi connectivity index (χ1n) is 14.2. The minimum Gasteiger partial charge on any atom is -0.480 e. The van der Waals surface area contributed by atoms with Crippen LogP contribution >= 0.6 is 0 Å². The van der Waals surface area contributed by atoms with Crippen LogP contribution in [0.15, 0.2) is 29.1 Å². The molecule has 7 rings (SSSR count). The summed E-state index contributed by atoms with van der Waals surface area (Å²) < 4.78 is 1.99. The Labute approximate surface area is 212 Å². The molecular weight excluding hydrogens is 452 g/mol. The van der Waals surface area contributed by atoms with Gasteiger partial charge in [-0.05, 0) is 94.1 Å². The van der Waals surface area contributed by atoms with Crippen LogP contribution in [0.3, 0.4) is 0 Å². The van der Waals surface area contributed by atoms with Crippen molar-refractivity contribution in [3.8, 4) is 0 Å². The van der Waals surface area contributed by atoms with E-state index >= 15 is 0 Å². The standard InChI is InChI=1S/C29H38N4O3/c1-17-10-18-12-19(11-17)14-22(13-18)32-20-6-7-21(32)16-23(15-20)33-25-5-3-2-4-24(25)30-27(28(33)34)31-9-8-26(31)29(35)36/h2-5,17-23,26H,6-16H2,1H3,(H,35,36)/t17-,18-,19+,20-,21+,22+,23+,26-/m1/s1. The van der Waals surface area contributed by atoms with Crippen molar-refractivity contribution in [2.75, 3.05) is 11.4 Å². The molecule has 2 saturated carbocycles. The predicted octanol–water partition coefficient (Wildman–Crippen LogP) is 4.44. The van der Waals surface area contributed by atoms with Crippen LogP contribution in [0.5, 0.6) is 0 Å². The highest BCUT2D eigenvalue weighted by molar-refractivity contribution is 5.81. The minimum absolute atomic E-state index is 0.112. The Kier molecular flexibility index (Phi) is 5.42. The van der Waals surface area contributed by atoms with Crippen molar-refractivity contribution in [3.63, 3.8) is 0 Å². The second-order valence-electron chi connectivity index (χ2n) is 12.6. The number of carboxylic acid groups (broad SMARTS) is 1. The molecule has 0 amide bonds. The third kappa shape index (κ3) is 3.60. The molecule has 7 heteroatoms. The lowest BCUT2D eigenvalue weighted by Gasteiger charge is -2.50. The Bertz CT molecular complexity index is 1210. The first kappa shape index (κ1) is 22.8. The maximum Gasteiger partial charge on any atom is 0.326 e. The molecule has 3 aliphatic heterocycles. The number of carboxylic acids is 1. The van der Waals surface area contributed by atoms with Crippen LogP contribution in [0.4, 0.5) is 5.82 Å². The quantitative estimate of drug-likeness (QED) is 0.683. The van der Waals surface area contributed by atoms with Crippen molar-refractivity contribution in [1.82, 2.24) is 14.5 Å². The molecule has 2 aromatic rings. The minimum atomic E-state index is -0.875. The number of anilines is 1. The van der Waals surface area contributed by atoms with Crippen LogP contribution in [0.25, 0.3) is 11.0 Å². The molecule has 5 aliphatic rings. The topological polar surface area (TPSA) is 78.7 Å². The Morgan fingerprint density at radius 3 is 2.22 bits per heavy atom. The SMILES string of the molecule is C[C@@H]1C[C@@H]2C[C@H](C1)C[C@@H](N1[C@@H]3CC[C@H]1C[C@@H](n1c(=O)c(N4CC[C@@H]4C(=O)O)nc4ccccc41)C3)C2. The van der Waals surface area contributed by atoms with E-state index in [1.54, 1.807) is 4.90 Å². The average molecular weight is 491 g/mol. The van der Waals surface area contributed by atoms with E-state index in [-0.39, 0.29) is 11.6 Å². The first-order valence-corrected chi connectivity index (χ1v) is 14.2. The van der Waals surface area contributed by atoms with E-state index < -0.39 is 12.0 Å². The van der Waals surface area contributed by atoms with E-state index in [0.717, 1.165) is 47.7 Å². The second-order valence-corrected chi connectivity index (χ2v) is 12.6. The summed E-state index contributed by atoms with van der Waals surface area (Å²) in [7, 11) is 0. The van der Waals surface area contributed by atoms with Crippen molar-refractivity contribution in [1.29, 1.82) is 0 Å². The molecule has 0 radical (unpaired) electrons. The number of para-hydroxylation sites is 2. The van der Waals surface area contributed by atoms with Gasteiger partial charge in [0, 0.05) is 30.7 Å². The molecule has 0 spiro atoms. The zero-order chi connectivity index (χ0) is 24.6. The molecule has 192 valence electrons. The maximum absolute atomic E-state index is 13.9. The van der Waals surface area contributed by atoms with Gasteiger partial charge in [-0.15, -0.1) is 0 Å². The lowest BCUT2D eigenvalue weighted by Crippen LogP contribution is -2.56. The van der Waals surface area contributed by atoms with Gasteiger partial charge >= 0.3 is 5.97 Å². The van der Waals surface area contributed by atoms with E-state index in [9.17, 15) is 14.7 Å². The van der Waals surface area contributed by atoms with Crippen LogP contribution in [-0.2, 0) is 4.79 Å². The highest BCUT2D eigenvalue weighted by Gasteiger charge is 2.48. The van der Waals surface area contributed by atoms with Crippen molar-refractivity contribution in [2.24, 2.45) is 17.8 Å². The van der Waals surface area contributed by atoms with Crippen LogP contribution in [0.2, 0.25) is 0 Å². The summed E-state index contributed by atoms with van der Waals surface area (Å²) in [5, 5.41) is 9.61. The summed E-state index contributed by atoms with van der Waals surface area (Å²) in [6.07, 6.45) is 12.1. The van der Waals surface area contributed by atoms with E-state index in [1.165, 1.54) is 44.9 Å². The Morgan fingerprint density at radius 1 is 0.889 bits per heavy atom. The normalized spacial score (nSPS) is 38.2. The number of carbonyl (C=O) groups is 1. The van der Waals surface area contributed by atoms with Gasteiger partial charge in [-0.2, -0.15) is 0 Å². The lowest BCUT2D eigenvalue weighted by molar-refractivity contribution is -0.140. The molecule has 2 aliphatic carbocycles. The Morgan fingerprint density at radius 2 is 1.58 bits per heavy atom. The summed E-state index contributed by atoms with van der Waals surface area (Å²) in [5.41, 5.74) is 1.56. The van der Waals surface area contributed by atoms with Gasteiger partial charge in [0.15, 0.2) is 5.82 Å². The average Bonchev–Trinajstić information content (AvgIpc) is 3.07. The number of aromatic nitrogens is 2. The fourth-order valence-corrected chi connectivity index (χ4v) is 8.97. The van der Waals surface area contributed by atoms with Crippen LogP contribution in [0.1, 0.15) is 77.2 Å². The Hall–Kier alpha value is -2.41. The highest BCUT2D eigenvalue weighted by atomic mass is 16.4. The molecule has 7 nitrogen and oxygen atoms in total. The van der Waals surface area contributed by atoms with Crippen molar-refractivity contribution >= 4 is 22.8 Å². The van der Waals surface area contributed by atoms with Gasteiger partial charge in [-0.25, -0.2) is 9.78 Å². The number of aliphatic carboxylic acids is 1. The fourth-order valence-electron chi connectivity index (χ4n) is 8.97. The molecule has 36 heavy (non-hydrogen) atoms. The molecule has 0 unspecified atom stereocenters. The number of hydrogen-bond donors (Lipinski definition) is 1. The summed E-state index contributed by atoms with van der Waals surface area (Å²) in [6, 6.07) is 9.21. The van der Waals surface area contributed by atoms with Crippen molar-refractivity contribution < 1.29 is 9.90 Å². The molecule has 1 N–H and O–H groups in total. The molecule has 1 aromatic carbocycles. The monoisotopic (exact) mass is 490 g/mol. The lowest BCUT2D eigenvalue weighted by atomic mass is 9.66. The third-order valence-electron chi connectivity index (χ3n) is 10.3. The van der Waals surface area contributed by atoms with Gasteiger partial charge in [-0.1, -0.05) is 19.1 Å². The number of rotatable bonds is 4. The van der Waals surface area contributed by atoms with E-state index in [0.29, 0.717) is 30.9 Å². The van der Waals surface area contributed by atoms with Gasteiger partial charge in [0.2, 0.25) is 0 Å². The van der Waals surface area contributed by atoms with Gasteiger partial charge in [-0.3, -0.25) is 9.69 Å². The number of piperidine rings is 1. The van der Waals surface area contributed by atoms with Gasteiger partial charge in [0.05, 0.1) is 11.0 Å². The number of fused-ring (bicyclic) bond motifs is 5. The zero-order valence-electron chi connectivity index (χ0n) is 21.3. The number of benzene rings is 1. The van der Waals surface area contributed by atoms with Crippen molar-refractivity contribution in [2.45, 2.75) is 101 Å². The molecule has 5 fully saturated rings. The Balaban J connectivity index is 1.20. The van der Waals surface area contributed by atoms with Gasteiger partial charge in [0.25, 0.3) is 5.56 Å². The largest absolute Gasteiger partial charge is 0.480 e. The number of hydrogen-bond acceptors (Lipinski definition) is 5. The molecular formula is C29H38N4O3. The molecule has 4 bridgehead atoms. The van der Waals surface area contributed by atoms with E-state index in [2.05, 4.69) is 16.8 Å². The summed E-state index contributed by atoms with van der Waals surface area (Å²) in [4.78, 5) is 34.9.